The Hall–Kier alpha value is -1.67. The number of alkyl halides is 3. The summed E-state index contributed by atoms with van der Waals surface area (Å²) in [4.78, 5) is 22.4. The lowest BCUT2D eigenvalue weighted by Gasteiger charge is -2.22. The Morgan fingerprint density at radius 2 is 1.90 bits per heavy atom. The van der Waals surface area contributed by atoms with Crippen molar-refractivity contribution in [3.05, 3.63) is 28.2 Å². The zero-order valence-electron chi connectivity index (χ0n) is 10.2. The number of nitrogens with one attached hydrogen (secondary N) is 1. The van der Waals surface area contributed by atoms with E-state index < -0.39 is 31.3 Å². The lowest BCUT2D eigenvalue weighted by Crippen LogP contribution is -2.44. The van der Waals surface area contributed by atoms with Gasteiger partial charge in [0, 0.05) is 0 Å². The molecule has 0 atom stereocenters. The number of aliphatic carboxylic acids is 1. The Morgan fingerprint density at radius 1 is 1.29 bits per heavy atom. The molecule has 116 valence electrons. The SMILES string of the molecule is O=C(O)CN(CC(F)(F)F)C(=O)Nc1cccc(Cl)c1Cl. The lowest BCUT2D eigenvalue weighted by molar-refractivity contribution is -0.148. The molecule has 1 rings (SSSR count). The summed E-state index contributed by atoms with van der Waals surface area (Å²) in [6.07, 6.45) is -4.73. The van der Waals surface area contributed by atoms with E-state index in [1.807, 2.05) is 0 Å². The summed E-state index contributed by atoms with van der Waals surface area (Å²) < 4.78 is 37.0. The monoisotopic (exact) mass is 344 g/mol. The van der Waals surface area contributed by atoms with E-state index in [4.69, 9.17) is 28.3 Å². The summed E-state index contributed by atoms with van der Waals surface area (Å²) in [6.45, 7) is -2.81. The second-order valence-corrected chi connectivity index (χ2v) is 4.68. The van der Waals surface area contributed by atoms with Crippen molar-refractivity contribution in [3.8, 4) is 0 Å². The van der Waals surface area contributed by atoms with Gasteiger partial charge in [0.2, 0.25) is 0 Å². The normalized spacial score (nSPS) is 11.1. The number of halogens is 5. The van der Waals surface area contributed by atoms with Crippen LogP contribution in [0.1, 0.15) is 0 Å². The van der Waals surface area contributed by atoms with Crippen LogP contribution in [-0.2, 0) is 4.79 Å². The molecule has 0 heterocycles. The predicted molar refractivity (Wildman–Crippen MR) is 70.7 cm³/mol. The molecule has 21 heavy (non-hydrogen) atoms. The molecule has 0 radical (unpaired) electrons. The minimum atomic E-state index is -4.73. The Morgan fingerprint density at radius 3 is 2.43 bits per heavy atom. The molecule has 2 N–H and O–H groups in total. The topological polar surface area (TPSA) is 69.6 Å². The second-order valence-electron chi connectivity index (χ2n) is 3.90. The zero-order chi connectivity index (χ0) is 16.2. The summed E-state index contributed by atoms with van der Waals surface area (Å²) in [5.41, 5.74) is -0.0215. The van der Waals surface area contributed by atoms with Crippen LogP contribution in [-0.4, -0.2) is 41.3 Å². The molecule has 0 saturated carbocycles. The van der Waals surface area contributed by atoms with Gasteiger partial charge in [-0.15, -0.1) is 0 Å². The maximum atomic E-state index is 12.3. The highest BCUT2D eigenvalue weighted by atomic mass is 35.5. The molecule has 0 aliphatic heterocycles. The van der Waals surface area contributed by atoms with E-state index in [0.717, 1.165) is 0 Å². The summed E-state index contributed by atoms with van der Waals surface area (Å²) in [5, 5.41) is 10.7. The summed E-state index contributed by atoms with van der Waals surface area (Å²) in [6, 6.07) is 2.91. The first-order valence-electron chi connectivity index (χ1n) is 5.38. The van der Waals surface area contributed by atoms with E-state index in [1.165, 1.54) is 18.2 Å². The van der Waals surface area contributed by atoms with Gasteiger partial charge in [0.15, 0.2) is 0 Å². The number of rotatable bonds is 4. The zero-order valence-corrected chi connectivity index (χ0v) is 11.8. The van der Waals surface area contributed by atoms with Gasteiger partial charge in [-0.05, 0) is 12.1 Å². The number of hydrogen-bond acceptors (Lipinski definition) is 2. The average molecular weight is 345 g/mol. The van der Waals surface area contributed by atoms with Crippen LogP contribution in [0.4, 0.5) is 23.7 Å². The van der Waals surface area contributed by atoms with Gasteiger partial charge in [0.1, 0.15) is 13.1 Å². The number of nitrogens with zero attached hydrogens (tertiary/aromatic N) is 1. The number of amides is 2. The van der Waals surface area contributed by atoms with E-state index in [-0.39, 0.29) is 20.6 Å². The summed E-state index contributed by atoms with van der Waals surface area (Å²) in [5.74, 6) is -1.58. The first kappa shape index (κ1) is 17.4. The van der Waals surface area contributed by atoms with Gasteiger partial charge in [0.05, 0.1) is 15.7 Å². The van der Waals surface area contributed by atoms with Crippen molar-refractivity contribution < 1.29 is 27.9 Å². The lowest BCUT2D eigenvalue weighted by atomic mass is 10.3. The molecule has 0 unspecified atom stereocenters. The number of urea groups is 1. The first-order valence-corrected chi connectivity index (χ1v) is 6.14. The minimum Gasteiger partial charge on any atom is -0.480 e. The highest BCUT2D eigenvalue weighted by Gasteiger charge is 2.34. The van der Waals surface area contributed by atoms with Crippen molar-refractivity contribution in [2.45, 2.75) is 6.18 Å². The predicted octanol–water partition coefficient (Wildman–Crippen LogP) is 3.47. The first-order chi connectivity index (χ1) is 9.60. The molecule has 1 aromatic rings. The fraction of sp³-hybridized carbons (Fsp3) is 0.273. The van der Waals surface area contributed by atoms with Crippen molar-refractivity contribution >= 4 is 40.9 Å². The highest BCUT2D eigenvalue weighted by molar-refractivity contribution is 6.43. The van der Waals surface area contributed by atoms with Crippen LogP contribution in [0.25, 0.3) is 0 Å². The molecule has 0 aliphatic rings. The summed E-state index contributed by atoms with van der Waals surface area (Å²) in [7, 11) is 0. The third-order valence-corrected chi connectivity index (χ3v) is 3.00. The number of anilines is 1. The minimum absolute atomic E-state index is 0.0215. The smallest absolute Gasteiger partial charge is 0.406 e. The van der Waals surface area contributed by atoms with Crippen LogP contribution in [0, 0.1) is 0 Å². The molecule has 10 heteroatoms. The Bertz CT molecular complexity index is 552. The largest absolute Gasteiger partial charge is 0.480 e. The van der Waals surface area contributed by atoms with E-state index in [9.17, 15) is 22.8 Å². The third kappa shape index (κ3) is 5.68. The van der Waals surface area contributed by atoms with E-state index in [2.05, 4.69) is 5.32 Å². The fourth-order valence-corrected chi connectivity index (χ4v) is 1.72. The molecule has 2 amide bonds. The van der Waals surface area contributed by atoms with Gasteiger partial charge >= 0.3 is 18.2 Å². The third-order valence-electron chi connectivity index (χ3n) is 2.18. The maximum Gasteiger partial charge on any atom is 0.406 e. The quantitative estimate of drug-likeness (QED) is 0.878. The van der Waals surface area contributed by atoms with Crippen LogP contribution >= 0.6 is 23.2 Å². The average Bonchev–Trinajstić information content (AvgIpc) is 2.31. The molecule has 0 aromatic heterocycles. The van der Waals surface area contributed by atoms with Gasteiger partial charge in [0.25, 0.3) is 0 Å². The number of carbonyl (C=O) groups excluding carboxylic acids is 1. The summed E-state index contributed by atoms with van der Waals surface area (Å²) >= 11 is 11.5. The van der Waals surface area contributed by atoms with Crippen LogP contribution in [0.2, 0.25) is 10.0 Å². The standard InChI is InChI=1S/C11H9Cl2F3N2O3/c12-6-2-1-3-7(9(6)13)17-10(21)18(4-8(19)20)5-11(14,15)16/h1-3H,4-5H2,(H,17,21)(H,19,20). The molecule has 5 nitrogen and oxygen atoms in total. The molecule has 0 aliphatic carbocycles. The van der Waals surface area contributed by atoms with Crippen molar-refractivity contribution in [2.24, 2.45) is 0 Å². The molecular weight excluding hydrogens is 336 g/mol. The molecule has 0 spiro atoms. The van der Waals surface area contributed by atoms with Crippen LogP contribution in [0.15, 0.2) is 18.2 Å². The van der Waals surface area contributed by atoms with E-state index in [0.29, 0.717) is 0 Å². The van der Waals surface area contributed by atoms with Gasteiger partial charge in [-0.25, -0.2) is 4.79 Å². The maximum absolute atomic E-state index is 12.3. The van der Waals surface area contributed by atoms with E-state index >= 15 is 0 Å². The Balaban J connectivity index is 2.90. The van der Waals surface area contributed by atoms with Crippen LogP contribution < -0.4 is 5.32 Å². The number of carboxylic acids is 1. The second kappa shape index (κ2) is 6.86. The molecule has 0 bridgehead atoms. The fourth-order valence-electron chi connectivity index (χ4n) is 1.37. The Labute approximate surface area is 127 Å². The number of carboxylic acid groups (broad SMARTS) is 1. The van der Waals surface area contributed by atoms with Crippen molar-refractivity contribution in [1.29, 1.82) is 0 Å². The van der Waals surface area contributed by atoms with Crippen LogP contribution in [0.5, 0.6) is 0 Å². The molecule has 0 saturated heterocycles. The van der Waals surface area contributed by atoms with Gasteiger partial charge < -0.3 is 15.3 Å². The Kier molecular flexibility index (Phi) is 5.68. The number of carbonyl (C=O) groups is 2. The number of hydrogen-bond donors (Lipinski definition) is 2. The van der Waals surface area contributed by atoms with Crippen molar-refractivity contribution in [3.63, 3.8) is 0 Å². The van der Waals surface area contributed by atoms with Gasteiger partial charge in [-0.1, -0.05) is 29.3 Å². The van der Waals surface area contributed by atoms with Gasteiger partial charge in [-0.2, -0.15) is 13.2 Å². The highest BCUT2D eigenvalue weighted by Crippen LogP contribution is 2.29. The van der Waals surface area contributed by atoms with E-state index in [1.54, 1.807) is 0 Å². The molecular formula is C11H9Cl2F3N2O3. The number of benzene rings is 1. The molecule has 1 aromatic carbocycles. The van der Waals surface area contributed by atoms with Crippen molar-refractivity contribution in [1.82, 2.24) is 4.90 Å². The van der Waals surface area contributed by atoms with Crippen molar-refractivity contribution in [2.75, 3.05) is 18.4 Å². The van der Waals surface area contributed by atoms with Gasteiger partial charge in [-0.3, -0.25) is 4.79 Å². The van der Waals surface area contributed by atoms with Crippen LogP contribution in [0.3, 0.4) is 0 Å². The molecule has 0 fully saturated rings.